The Bertz CT molecular complexity index is 864. The maximum absolute atomic E-state index is 11.8. The molecule has 3 rings (SSSR count). The van der Waals surface area contributed by atoms with Gasteiger partial charge in [-0.05, 0) is 35.5 Å². The molecule has 3 aromatic carbocycles. The van der Waals surface area contributed by atoms with E-state index in [-0.39, 0.29) is 0 Å². The Labute approximate surface area is 159 Å². The first-order valence-electron chi connectivity index (χ1n) is 8.94. The summed E-state index contributed by atoms with van der Waals surface area (Å²) in [7, 11) is 0. The number of benzene rings is 3. The van der Waals surface area contributed by atoms with E-state index in [2.05, 4.69) is 5.32 Å². The SMILES string of the molecule is Cc1ccc(B(O)c2ccc(CCOC(=O)Nc3ccccc3)cc2)cc1. The number of carbonyl (C=O) groups is 1. The summed E-state index contributed by atoms with van der Waals surface area (Å²) in [6.07, 6.45) is 0.149. The molecule has 1 amide bonds. The third kappa shape index (κ3) is 5.46. The molecule has 0 unspecified atom stereocenters. The summed E-state index contributed by atoms with van der Waals surface area (Å²) in [5.41, 5.74) is 4.62. The van der Waals surface area contributed by atoms with Crippen molar-refractivity contribution in [1.82, 2.24) is 0 Å². The van der Waals surface area contributed by atoms with E-state index in [9.17, 15) is 9.82 Å². The van der Waals surface area contributed by atoms with E-state index >= 15 is 0 Å². The standard InChI is InChI=1S/C22H22BNO3/c1-17-7-11-19(12-8-17)23(26)20-13-9-18(10-14-20)15-16-27-22(25)24-21-5-3-2-4-6-21/h2-14,26H,15-16H2,1H3,(H,24,25). The van der Waals surface area contributed by atoms with Gasteiger partial charge in [0.15, 0.2) is 0 Å². The maximum atomic E-state index is 11.8. The largest absolute Gasteiger partial charge is 0.449 e. The van der Waals surface area contributed by atoms with E-state index in [0.29, 0.717) is 18.7 Å². The molecule has 2 N–H and O–H groups in total. The molecule has 0 spiro atoms. The summed E-state index contributed by atoms with van der Waals surface area (Å²) >= 11 is 0. The minimum Gasteiger partial charge on any atom is -0.449 e. The summed E-state index contributed by atoms with van der Waals surface area (Å²) in [6, 6.07) is 24.8. The molecule has 136 valence electrons. The summed E-state index contributed by atoms with van der Waals surface area (Å²) in [5, 5.41) is 13.2. The molecule has 0 saturated carbocycles. The predicted molar refractivity (Wildman–Crippen MR) is 110 cm³/mol. The van der Waals surface area contributed by atoms with Crippen molar-refractivity contribution in [3.05, 3.63) is 90.0 Å². The molecule has 0 heterocycles. The highest BCUT2D eigenvalue weighted by Gasteiger charge is 2.16. The molecule has 0 radical (unpaired) electrons. The lowest BCUT2D eigenvalue weighted by molar-refractivity contribution is 0.163. The van der Waals surface area contributed by atoms with Crippen LogP contribution in [0.1, 0.15) is 11.1 Å². The summed E-state index contributed by atoms with van der Waals surface area (Å²) in [5.74, 6) is 0. The van der Waals surface area contributed by atoms with Crippen molar-refractivity contribution in [2.45, 2.75) is 13.3 Å². The van der Waals surface area contributed by atoms with Crippen molar-refractivity contribution >= 4 is 29.6 Å². The average molecular weight is 359 g/mol. The van der Waals surface area contributed by atoms with Gasteiger partial charge in [-0.15, -0.1) is 0 Å². The average Bonchev–Trinajstić information content (AvgIpc) is 2.69. The highest BCUT2D eigenvalue weighted by molar-refractivity contribution is 6.78. The normalized spacial score (nSPS) is 10.3. The van der Waals surface area contributed by atoms with Crippen LogP contribution in [0.5, 0.6) is 0 Å². The summed E-state index contributed by atoms with van der Waals surface area (Å²) < 4.78 is 5.21. The third-order valence-electron chi connectivity index (χ3n) is 4.33. The second-order valence-electron chi connectivity index (χ2n) is 6.43. The highest BCUT2D eigenvalue weighted by Crippen LogP contribution is 2.06. The number of carbonyl (C=O) groups excluding carboxylic acids is 1. The maximum Gasteiger partial charge on any atom is 0.411 e. The van der Waals surface area contributed by atoms with E-state index in [1.54, 1.807) is 12.1 Å². The molecule has 0 saturated heterocycles. The fourth-order valence-corrected chi connectivity index (χ4v) is 2.74. The van der Waals surface area contributed by atoms with E-state index < -0.39 is 13.0 Å². The zero-order valence-corrected chi connectivity index (χ0v) is 15.3. The lowest BCUT2D eigenvalue weighted by Crippen LogP contribution is -2.42. The first-order chi connectivity index (χ1) is 13.1. The minimum atomic E-state index is -0.646. The zero-order valence-electron chi connectivity index (χ0n) is 15.3. The summed E-state index contributed by atoms with van der Waals surface area (Å²) in [6.45, 7) is 1.67. The Kier molecular flexibility index (Phi) is 6.28. The molecular formula is C22H22BNO3. The van der Waals surface area contributed by atoms with Gasteiger partial charge in [-0.3, -0.25) is 5.32 Å². The second-order valence-corrected chi connectivity index (χ2v) is 6.43. The van der Waals surface area contributed by atoms with Gasteiger partial charge in [0.2, 0.25) is 0 Å². The number of amides is 1. The molecule has 0 aliphatic heterocycles. The van der Waals surface area contributed by atoms with Crippen LogP contribution in [0, 0.1) is 6.92 Å². The number of hydrogen-bond acceptors (Lipinski definition) is 3. The van der Waals surface area contributed by atoms with E-state index in [1.807, 2.05) is 73.7 Å². The Morgan fingerprint density at radius 2 is 1.52 bits per heavy atom. The van der Waals surface area contributed by atoms with Crippen LogP contribution in [0.4, 0.5) is 10.5 Å². The second kappa shape index (κ2) is 9.06. The van der Waals surface area contributed by atoms with Crippen LogP contribution in [-0.2, 0) is 11.2 Å². The Morgan fingerprint density at radius 3 is 2.15 bits per heavy atom. The first kappa shape index (κ1) is 18.7. The van der Waals surface area contributed by atoms with Crippen molar-refractivity contribution < 1.29 is 14.6 Å². The zero-order chi connectivity index (χ0) is 19.1. The van der Waals surface area contributed by atoms with Gasteiger partial charge in [0.1, 0.15) is 0 Å². The lowest BCUT2D eigenvalue weighted by Gasteiger charge is -2.10. The minimum absolute atomic E-state index is 0.290. The quantitative estimate of drug-likeness (QED) is 0.666. The third-order valence-corrected chi connectivity index (χ3v) is 4.33. The fourth-order valence-electron chi connectivity index (χ4n) is 2.74. The number of ether oxygens (including phenoxy) is 1. The van der Waals surface area contributed by atoms with Crippen molar-refractivity contribution in [3.63, 3.8) is 0 Å². The van der Waals surface area contributed by atoms with Crippen LogP contribution in [0.25, 0.3) is 0 Å². The number of hydrogen-bond donors (Lipinski definition) is 2. The van der Waals surface area contributed by atoms with E-state index in [0.717, 1.165) is 22.1 Å². The first-order valence-corrected chi connectivity index (χ1v) is 8.94. The lowest BCUT2D eigenvalue weighted by atomic mass is 9.56. The molecule has 3 aromatic rings. The number of para-hydroxylation sites is 1. The Morgan fingerprint density at radius 1 is 0.926 bits per heavy atom. The number of nitrogens with one attached hydrogen (secondary N) is 1. The van der Waals surface area contributed by atoms with Crippen molar-refractivity contribution in [2.75, 3.05) is 11.9 Å². The Hall–Kier alpha value is -3.05. The van der Waals surface area contributed by atoms with Gasteiger partial charge in [0.25, 0.3) is 0 Å². The molecule has 0 atom stereocenters. The molecular weight excluding hydrogens is 337 g/mol. The molecule has 0 bridgehead atoms. The van der Waals surface area contributed by atoms with E-state index in [4.69, 9.17) is 4.74 Å². The van der Waals surface area contributed by atoms with Gasteiger partial charge in [-0.2, -0.15) is 0 Å². The number of aryl methyl sites for hydroxylation is 1. The van der Waals surface area contributed by atoms with Gasteiger partial charge in [-0.1, -0.05) is 72.3 Å². The summed E-state index contributed by atoms with van der Waals surface area (Å²) in [4.78, 5) is 11.8. The van der Waals surface area contributed by atoms with Crippen molar-refractivity contribution in [3.8, 4) is 0 Å². The van der Waals surface area contributed by atoms with Crippen molar-refractivity contribution in [2.24, 2.45) is 0 Å². The van der Waals surface area contributed by atoms with Gasteiger partial charge in [0, 0.05) is 12.1 Å². The molecule has 0 aromatic heterocycles. The monoisotopic (exact) mass is 359 g/mol. The Balaban J connectivity index is 1.49. The molecule has 0 aliphatic carbocycles. The van der Waals surface area contributed by atoms with Crippen LogP contribution in [0.15, 0.2) is 78.9 Å². The van der Waals surface area contributed by atoms with Crippen LogP contribution >= 0.6 is 0 Å². The molecule has 4 nitrogen and oxygen atoms in total. The van der Waals surface area contributed by atoms with Gasteiger partial charge < -0.3 is 9.76 Å². The van der Waals surface area contributed by atoms with Crippen molar-refractivity contribution in [1.29, 1.82) is 0 Å². The molecule has 0 aliphatic rings. The van der Waals surface area contributed by atoms with Gasteiger partial charge in [-0.25, -0.2) is 4.79 Å². The number of rotatable bonds is 6. The highest BCUT2D eigenvalue weighted by atomic mass is 16.5. The van der Waals surface area contributed by atoms with Crippen LogP contribution in [-0.4, -0.2) is 24.6 Å². The van der Waals surface area contributed by atoms with Gasteiger partial charge in [0.05, 0.1) is 6.61 Å². The number of anilines is 1. The predicted octanol–water partition coefficient (Wildman–Crippen LogP) is 2.88. The topological polar surface area (TPSA) is 58.6 Å². The van der Waals surface area contributed by atoms with E-state index in [1.165, 1.54) is 0 Å². The van der Waals surface area contributed by atoms with Gasteiger partial charge >= 0.3 is 13.0 Å². The fraction of sp³-hybridized carbons (Fsp3) is 0.136. The van der Waals surface area contributed by atoms with Crippen LogP contribution in [0.2, 0.25) is 0 Å². The molecule has 0 fully saturated rings. The molecule has 27 heavy (non-hydrogen) atoms. The molecule has 5 heteroatoms. The van der Waals surface area contributed by atoms with Crippen LogP contribution < -0.4 is 16.2 Å². The van der Waals surface area contributed by atoms with Crippen LogP contribution in [0.3, 0.4) is 0 Å². The smallest absolute Gasteiger partial charge is 0.411 e.